The van der Waals surface area contributed by atoms with Crippen molar-refractivity contribution in [2.75, 3.05) is 40.8 Å². The highest BCUT2D eigenvalue weighted by atomic mass is 16.5. The zero-order valence-corrected chi connectivity index (χ0v) is 16.3. The van der Waals surface area contributed by atoms with Gasteiger partial charge in [0.2, 0.25) is 0 Å². The number of carbonyl (C=O) groups excluding carboxylic acids is 1. The Hall–Kier alpha value is -0.650. The number of nitrogens with one attached hydrogen (secondary N) is 1. The van der Waals surface area contributed by atoms with Gasteiger partial charge in [0.1, 0.15) is 6.04 Å². The first-order chi connectivity index (χ1) is 10.6. The fourth-order valence-corrected chi connectivity index (χ4v) is 2.93. The van der Waals surface area contributed by atoms with Gasteiger partial charge in [-0.05, 0) is 47.0 Å². The highest BCUT2D eigenvalue weighted by Gasteiger charge is 2.30. The summed E-state index contributed by atoms with van der Waals surface area (Å²) in [6, 6.07) is 0.885. The minimum Gasteiger partial charge on any atom is -0.462 e. The van der Waals surface area contributed by atoms with Gasteiger partial charge in [0.25, 0.3) is 0 Å². The van der Waals surface area contributed by atoms with E-state index in [1.165, 1.54) is 0 Å². The Bertz CT molecular complexity index is 364. The van der Waals surface area contributed by atoms with Crippen LogP contribution in [0, 0.1) is 0 Å². The van der Waals surface area contributed by atoms with Gasteiger partial charge in [-0.25, -0.2) is 0 Å². The Kier molecular flexibility index (Phi) is 7.98. The number of nitrogens with zero attached hydrogens (tertiary/aromatic N) is 2. The number of carbonyl (C=O) groups is 1. The number of likely N-dealkylation sites (N-methyl/N-ethyl adjacent to an activating group) is 1. The number of rotatable bonds is 9. The topological polar surface area (TPSA) is 41.6 Å². The van der Waals surface area contributed by atoms with E-state index in [9.17, 15) is 4.79 Å². The largest absolute Gasteiger partial charge is 0.462 e. The SMILES string of the molecule is CC(C)OC(=O)C1CCC(CCN(CC[N+](C)(C)C)C(C)C)N1. The quantitative estimate of drug-likeness (QED) is 0.518. The van der Waals surface area contributed by atoms with E-state index in [1.54, 1.807) is 0 Å². The fraction of sp³-hybridized carbons (Fsp3) is 0.944. The first-order valence-electron chi connectivity index (χ1n) is 9.09. The number of hydrogen-bond acceptors (Lipinski definition) is 4. The number of ether oxygens (including phenoxy) is 1. The summed E-state index contributed by atoms with van der Waals surface area (Å²) in [5.41, 5.74) is 0. The predicted octanol–water partition coefficient (Wildman–Crippen LogP) is 1.87. The molecule has 23 heavy (non-hydrogen) atoms. The molecule has 1 aliphatic heterocycles. The number of quaternary nitrogens is 1. The Morgan fingerprint density at radius 1 is 1.17 bits per heavy atom. The third-order valence-corrected chi connectivity index (χ3v) is 4.43. The lowest BCUT2D eigenvalue weighted by Crippen LogP contribution is -2.45. The second-order valence-electron chi connectivity index (χ2n) is 8.41. The van der Waals surface area contributed by atoms with Crippen LogP contribution in [0.1, 0.15) is 47.0 Å². The van der Waals surface area contributed by atoms with Crippen LogP contribution in [0.2, 0.25) is 0 Å². The monoisotopic (exact) mass is 328 g/mol. The first-order valence-corrected chi connectivity index (χ1v) is 9.09. The molecular formula is C18H38N3O2+. The molecule has 1 rings (SSSR count). The highest BCUT2D eigenvalue weighted by molar-refractivity contribution is 5.76. The lowest BCUT2D eigenvalue weighted by atomic mass is 10.1. The Balaban J connectivity index is 2.37. The van der Waals surface area contributed by atoms with E-state index in [4.69, 9.17) is 4.74 Å². The van der Waals surface area contributed by atoms with Crippen molar-refractivity contribution in [3.8, 4) is 0 Å². The van der Waals surface area contributed by atoms with Crippen LogP contribution in [0.15, 0.2) is 0 Å². The molecule has 5 heteroatoms. The lowest BCUT2D eigenvalue weighted by Gasteiger charge is -2.32. The molecule has 1 fully saturated rings. The first kappa shape index (κ1) is 20.4. The van der Waals surface area contributed by atoms with E-state index in [0.29, 0.717) is 12.1 Å². The van der Waals surface area contributed by atoms with Crippen molar-refractivity contribution in [1.29, 1.82) is 0 Å². The molecule has 0 bridgehead atoms. The lowest BCUT2D eigenvalue weighted by molar-refractivity contribution is -0.869. The molecule has 0 aromatic carbocycles. The maximum atomic E-state index is 12.0. The maximum absolute atomic E-state index is 12.0. The molecule has 2 atom stereocenters. The van der Waals surface area contributed by atoms with Crippen LogP contribution in [-0.2, 0) is 9.53 Å². The van der Waals surface area contributed by atoms with Gasteiger partial charge in [-0.3, -0.25) is 9.69 Å². The molecule has 0 spiro atoms. The minimum absolute atomic E-state index is 0.0321. The van der Waals surface area contributed by atoms with Crippen molar-refractivity contribution < 1.29 is 14.0 Å². The van der Waals surface area contributed by atoms with Crippen LogP contribution in [0.5, 0.6) is 0 Å². The van der Waals surface area contributed by atoms with Gasteiger partial charge >= 0.3 is 5.97 Å². The molecular weight excluding hydrogens is 290 g/mol. The van der Waals surface area contributed by atoms with E-state index in [0.717, 1.165) is 43.4 Å². The van der Waals surface area contributed by atoms with Crippen molar-refractivity contribution in [1.82, 2.24) is 10.2 Å². The third-order valence-electron chi connectivity index (χ3n) is 4.43. The van der Waals surface area contributed by atoms with Crippen LogP contribution in [0.25, 0.3) is 0 Å². The molecule has 2 unspecified atom stereocenters. The van der Waals surface area contributed by atoms with E-state index < -0.39 is 0 Å². The van der Waals surface area contributed by atoms with Crippen LogP contribution >= 0.6 is 0 Å². The Labute approximate surface area is 142 Å². The summed E-state index contributed by atoms with van der Waals surface area (Å²) in [7, 11) is 6.71. The second-order valence-corrected chi connectivity index (χ2v) is 8.41. The molecule has 0 radical (unpaired) electrons. The molecule has 0 aliphatic carbocycles. The molecule has 1 aliphatic rings. The van der Waals surface area contributed by atoms with Crippen molar-refractivity contribution in [3.05, 3.63) is 0 Å². The summed E-state index contributed by atoms with van der Waals surface area (Å²) in [4.78, 5) is 14.5. The summed E-state index contributed by atoms with van der Waals surface area (Å²) in [6.45, 7) is 11.7. The van der Waals surface area contributed by atoms with Crippen molar-refractivity contribution in [2.24, 2.45) is 0 Å². The molecule has 1 heterocycles. The summed E-state index contributed by atoms with van der Waals surface area (Å²) in [6.07, 6.45) is 3.03. The Morgan fingerprint density at radius 2 is 1.83 bits per heavy atom. The van der Waals surface area contributed by atoms with E-state index in [1.807, 2.05) is 13.8 Å². The molecule has 0 amide bonds. The van der Waals surface area contributed by atoms with Crippen molar-refractivity contribution in [2.45, 2.75) is 71.2 Å². The number of hydrogen-bond donors (Lipinski definition) is 1. The van der Waals surface area contributed by atoms with Gasteiger partial charge in [-0.15, -0.1) is 0 Å². The average Bonchev–Trinajstić information content (AvgIpc) is 2.85. The molecule has 0 saturated carbocycles. The molecule has 1 N–H and O–H groups in total. The summed E-state index contributed by atoms with van der Waals surface area (Å²) >= 11 is 0. The molecule has 136 valence electrons. The molecule has 0 aromatic heterocycles. The number of esters is 1. The predicted molar refractivity (Wildman–Crippen MR) is 95.4 cm³/mol. The van der Waals surface area contributed by atoms with E-state index in [2.05, 4.69) is 45.2 Å². The molecule has 5 nitrogen and oxygen atoms in total. The zero-order valence-electron chi connectivity index (χ0n) is 16.3. The minimum atomic E-state index is -0.110. The summed E-state index contributed by atoms with van der Waals surface area (Å²) < 4.78 is 6.30. The van der Waals surface area contributed by atoms with Gasteiger partial charge < -0.3 is 14.5 Å². The highest BCUT2D eigenvalue weighted by Crippen LogP contribution is 2.17. The fourth-order valence-electron chi connectivity index (χ4n) is 2.93. The van der Waals surface area contributed by atoms with Crippen molar-refractivity contribution >= 4 is 5.97 Å². The van der Waals surface area contributed by atoms with Crippen LogP contribution in [0.4, 0.5) is 0 Å². The van der Waals surface area contributed by atoms with E-state index in [-0.39, 0.29) is 18.1 Å². The smallest absolute Gasteiger partial charge is 0.323 e. The van der Waals surface area contributed by atoms with Crippen LogP contribution in [0.3, 0.4) is 0 Å². The van der Waals surface area contributed by atoms with Crippen LogP contribution < -0.4 is 5.32 Å². The average molecular weight is 329 g/mol. The standard InChI is InChI=1S/C18H38N3O2/c1-14(2)20(12-13-21(5,6)7)11-10-16-8-9-17(19-16)18(22)23-15(3)4/h14-17,19H,8-13H2,1-7H3/q+1. The van der Waals surface area contributed by atoms with Gasteiger partial charge in [-0.2, -0.15) is 0 Å². The molecule has 0 aromatic rings. The van der Waals surface area contributed by atoms with Crippen LogP contribution in [-0.4, -0.2) is 80.4 Å². The van der Waals surface area contributed by atoms with E-state index >= 15 is 0 Å². The second kappa shape index (κ2) is 9.00. The van der Waals surface area contributed by atoms with Gasteiger partial charge in [-0.1, -0.05) is 0 Å². The Morgan fingerprint density at radius 3 is 2.35 bits per heavy atom. The van der Waals surface area contributed by atoms with Crippen molar-refractivity contribution in [3.63, 3.8) is 0 Å². The van der Waals surface area contributed by atoms with Gasteiger partial charge in [0.05, 0.1) is 33.8 Å². The third kappa shape index (κ3) is 8.13. The van der Waals surface area contributed by atoms with Gasteiger partial charge in [0, 0.05) is 25.2 Å². The zero-order chi connectivity index (χ0) is 17.6. The summed E-state index contributed by atoms with van der Waals surface area (Å²) in [5, 5.41) is 3.46. The molecule has 1 saturated heterocycles. The summed E-state index contributed by atoms with van der Waals surface area (Å²) in [5.74, 6) is -0.0896. The maximum Gasteiger partial charge on any atom is 0.323 e. The van der Waals surface area contributed by atoms with Gasteiger partial charge in [0.15, 0.2) is 0 Å². The normalized spacial score (nSPS) is 22.3.